The summed E-state index contributed by atoms with van der Waals surface area (Å²) in [4.78, 5) is 3.87. The zero-order valence-corrected chi connectivity index (χ0v) is 10.8. The highest BCUT2D eigenvalue weighted by molar-refractivity contribution is 7.89. The van der Waals surface area contributed by atoms with Crippen molar-refractivity contribution in [2.45, 2.75) is 24.2 Å². The largest absolute Gasteiger partial charge is 0.354 e. The van der Waals surface area contributed by atoms with E-state index in [-0.39, 0.29) is 4.90 Å². The minimum atomic E-state index is -3.60. The average Bonchev–Trinajstić information content (AvgIpc) is 2.31. The van der Waals surface area contributed by atoms with Crippen molar-refractivity contribution in [3.8, 4) is 0 Å². The van der Waals surface area contributed by atoms with Crippen LogP contribution >= 0.6 is 0 Å². The van der Waals surface area contributed by atoms with Crippen molar-refractivity contribution in [2.24, 2.45) is 0 Å². The molecule has 0 radical (unpaired) electrons. The SMILES string of the molecule is COC(OC)C(C)NS(=O)(=O)c1cccnc1. The van der Waals surface area contributed by atoms with Crippen molar-refractivity contribution in [3.05, 3.63) is 24.5 Å². The topological polar surface area (TPSA) is 77.5 Å². The second kappa shape index (κ2) is 6.06. The second-order valence-corrected chi connectivity index (χ2v) is 5.15. The van der Waals surface area contributed by atoms with Crippen LogP contribution in [0.25, 0.3) is 0 Å². The van der Waals surface area contributed by atoms with Crippen molar-refractivity contribution in [1.29, 1.82) is 0 Å². The van der Waals surface area contributed by atoms with Crippen LogP contribution in [0, 0.1) is 0 Å². The predicted octanol–water partition coefficient (Wildman–Crippen LogP) is 0.367. The van der Waals surface area contributed by atoms with Gasteiger partial charge in [0.1, 0.15) is 4.90 Å². The molecule has 0 aliphatic carbocycles. The molecule has 1 N–H and O–H groups in total. The molecule has 6 nitrogen and oxygen atoms in total. The Labute approximate surface area is 101 Å². The molecule has 1 atom stereocenters. The number of nitrogens with zero attached hydrogens (tertiary/aromatic N) is 1. The van der Waals surface area contributed by atoms with Gasteiger partial charge in [0.25, 0.3) is 0 Å². The fourth-order valence-electron chi connectivity index (χ4n) is 1.38. The van der Waals surface area contributed by atoms with E-state index in [2.05, 4.69) is 9.71 Å². The third-order valence-corrected chi connectivity index (χ3v) is 3.70. The van der Waals surface area contributed by atoms with Gasteiger partial charge in [-0.1, -0.05) is 0 Å². The van der Waals surface area contributed by atoms with Crippen LogP contribution in [-0.2, 0) is 19.5 Å². The standard InChI is InChI=1S/C10H16N2O4S/c1-8(10(15-2)16-3)12-17(13,14)9-5-4-6-11-7-9/h4-8,10,12H,1-3H3. The summed E-state index contributed by atoms with van der Waals surface area (Å²) in [5.41, 5.74) is 0. The van der Waals surface area contributed by atoms with E-state index in [1.807, 2.05) is 0 Å². The highest BCUT2D eigenvalue weighted by Gasteiger charge is 2.23. The first kappa shape index (κ1) is 14.0. The first-order valence-corrected chi connectivity index (χ1v) is 6.47. The number of sulfonamides is 1. The van der Waals surface area contributed by atoms with Crippen LogP contribution in [0.2, 0.25) is 0 Å². The van der Waals surface area contributed by atoms with E-state index in [4.69, 9.17) is 9.47 Å². The van der Waals surface area contributed by atoms with Gasteiger partial charge in [0.05, 0.1) is 6.04 Å². The highest BCUT2D eigenvalue weighted by Crippen LogP contribution is 2.08. The van der Waals surface area contributed by atoms with E-state index < -0.39 is 22.4 Å². The molecule has 0 fully saturated rings. The molecule has 96 valence electrons. The average molecular weight is 260 g/mol. The van der Waals surface area contributed by atoms with E-state index >= 15 is 0 Å². The normalized spacial score (nSPS) is 13.9. The van der Waals surface area contributed by atoms with Gasteiger partial charge in [0.2, 0.25) is 10.0 Å². The third kappa shape index (κ3) is 3.74. The third-order valence-electron chi connectivity index (χ3n) is 2.16. The summed E-state index contributed by atoms with van der Waals surface area (Å²) >= 11 is 0. The highest BCUT2D eigenvalue weighted by atomic mass is 32.2. The van der Waals surface area contributed by atoms with Crippen LogP contribution in [-0.4, -0.2) is 40.0 Å². The van der Waals surface area contributed by atoms with E-state index in [1.165, 1.54) is 32.7 Å². The minimum absolute atomic E-state index is 0.109. The number of pyridine rings is 1. The number of rotatable bonds is 6. The van der Waals surface area contributed by atoms with Crippen LogP contribution in [0.15, 0.2) is 29.4 Å². The van der Waals surface area contributed by atoms with Crippen LogP contribution in [0.1, 0.15) is 6.92 Å². The molecule has 0 saturated heterocycles. The maximum absolute atomic E-state index is 11.9. The van der Waals surface area contributed by atoms with E-state index in [1.54, 1.807) is 13.0 Å². The molecular formula is C10H16N2O4S. The maximum Gasteiger partial charge on any atom is 0.242 e. The van der Waals surface area contributed by atoms with Gasteiger partial charge in [-0.3, -0.25) is 4.98 Å². The van der Waals surface area contributed by atoms with Crippen molar-refractivity contribution in [1.82, 2.24) is 9.71 Å². The molecule has 0 aromatic carbocycles. The molecule has 1 heterocycles. The van der Waals surface area contributed by atoms with Gasteiger partial charge >= 0.3 is 0 Å². The van der Waals surface area contributed by atoms with Crippen molar-refractivity contribution in [2.75, 3.05) is 14.2 Å². The molecule has 0 aliphatic heterocycles. The number of hydrogen-bond donors (Lipinski definition) is 1. The Morgan fingerprint density at radius 2 is 2.00 bits per heavy atom. The fraction of sp³-hybridized carbons (Fsp3) is 0.500. The number of hydrogen-bond acceptors (Lipinski definition) is 5. The molecule has 1 aromatic rings. The number of ether oxygens (including phenoxy) is 2. The quantitative estimate of drug-likeness (QED) is 0.748. The Hall–Kier alpha value is -1.02. The molecule has 1 aromatic heterocycles. The number of nitrogens with one attached hydrogen (secondary N) is 1. The summed E-state index contributed by atoms with van der Waals surface area (Å²) in [6, 6.07) is 2.52. The fourth-order valence-corrected chi connectivity index (χ4v) is 2.57. The van der Waals surface area contributed by atoms with Crippen molar-refractivity contribution in [3.63, 3.8) is 0 Å². The summed E-state index contributed by atoms with van der Waals surface area (Å²) in [7, 11) is -0.702. The van der Waals surface area contributed by atoms with Gasteiger partial charge < -0.3 is 9.47 Å². The Balaban J connectivity index is 2.81. The monoisotopic (exact) mass is 260 g/mol. The smallest absolute Gasteiger partial charge is 0.242 e. The Morgan fingerprint density at radius 3 is 2.47 bits per heavy atom. The van der Waals surface area contributed by atoms with Gasteiger partial charge in [-0.15, -0.1) is 0 Å². The van der Waals surface area contributed by atoms with Crippen LogP contribution < -0.4 is 4.72 Å². The van der Waals surface area contributed by atoms with Crippen molar-refractivity contribution >= 4 is 10.0 Å². The maximum atomic E-state index is 11.9. The molecule has 0 spiro atoms. The van der Waals surface area contributed by atoms with Gasteiger partial charge in [0, 0.05) is 26.6 Å². The molecule has 0 amide bonds. The predicted molar refractivity (Wildman–Crippen MR) is 61.8 cm³/mol. The molecule has 7 heteroatoms. The summed E-state index contributed by atoms with van der Waals surface area (Å²) in [5, 5.41) is 0. The molecule has 1 unspecified atom stereocenters. The molecule has 0 bridgehead atoms. The van der Waals surface area contributed by atoms with Gasteiger partial charge in [0.15, 0.2) is 6.29 Å². The lowest BCUT2D eigenvalue weighted by Gasteiger charge is -2.21. The Bertz CT molecular complexity index is 431. The molecular weight excluding hydrogens is 244 g/mol. The first-order valence-electron chi connectivity index (χ1n) is 4.99. The Morgan fingerprint density at radius 1 is 1.35 bits per heavy atom. The zero-order valence-electron chi connectivity index (χ0n) is 9.95. The second-order valence-electron chi connectivity index (χ2n) is 3.44. The summed E-state index contributed by atoms with van der Waals surface area (Å²) in [5.74, 6) is 0. The van der Waals surface area contributed by atoms with Gasteiger partial charge in [-0.05, 0) is 19.1 Å². The number of aromatic nitrogens is 1. The lowest BCUT2D eigenvalue weighted by atomic mass is 10.3. The van der Waals surface area contributed by atoms with Crippen LogP contribution in [0.3, 0.4) is 0 Å². The molecule has 0 aliphatic rings. The lowest BCUT2D eigenvalue weighted by molar-refractivity contribution is -0.115. The minimum Gasteiger partial charge on any atom is -0.354 e. The lowest BCUT2D eigenvalue weighted by Crippen LogP contribution is -2.42. The summed E-state index contributed by atoms with van der Waals surface area (Å²) < 4.78 is 36.2. The summed E-state index contributed by atoms with van der Waals surface area (Å²) in [6.45, 7) is 1.66. The molecule has 0 saturated carbocycles. The van der Waals surface area contributed by atoms with Gasteiger partial charge in [-0.2, -0.15) is 0 Å². The Kier molecular flexibility index (Phi) is 5.01. The molecule has 1 rings (SSSR count). The zero-order chi connectivity index (χ0) is 12.9. The summed E-state index contributed by atoms with van der Waals surface area (Å²) in [6.07, 6.45) is 2.15. The van der Waals surface area contributed by atoms with Crippen LogP contribution in [0.5, 0.6) is 0 Å². The first-order chi connectivity index (χ1) is 8.01. The van der Waals surface area contributed by atoms with Crippen LogP contribution in [0.4, 0.5) is 0 Å². The van der Waals surface area contributed by atoms with E-state index in [0.29, 0.717) is 0 Å². The van der Waals surface area contributed by atoms with Gasteiger partial charge in [-0.25, -0.2) is 13.1 Å². The number of methoxy groups -OCH3 is 2. The van der Waals surface area contributed by atoms with E-state index in [0.717, 1.165) is 0 Å². The van der Waals surface area contributed by atoms with E-state index in [9.17, 15) is 8.42 Å². The van der Waals surface area contributed by atoms with Crippen molar-refractivity contribution < 1.29 is 17.9 Å². The molecule has 17 heavy (non-hydrogen) atoms.